The molecular weight excluding hydrogens is 376 g/mol. The molecule has 1 unspecified atom stereocenters. The van der Waals surface area contributed by atoms with Crippen molar-refractivity contribution in [3.05, 3.63) is 94.2 Å². The lowest BCUT2D eigenvalue weighted by Gasteiger charge is -2.18. The van der Waals surface area contributed by atoms with Gasteiger partial charge in [0, 0.05) is 16.3 Å². The van der Waals surface area contributed by atoms with Crippen molar-refractivity contribution in [2.75, 3.05) is 0 Å². The molecule has 4 aromatic rings. The lowest BCUT2D eigenvalue weighted by molar-refractivity contribution is -0.149. The van der Waals surface area contributed by atoms with E-state index < -0.39 is 23.7 Å². The molecule has 4 rings (SSSR count). The second kappa shape index (κ2) is 7.47. The average Bonchev–Trinajstić information content (AvgIpc) is 2.72. The maximum Gasteiger partial charge on any atom is 0.326 e. The van der Waals surface area contributed by atoms with Crippen LogP contribution in [0.4, 0.5) is 8.78 Å². The number of rotatable bonds is 4. The summed E-state index contributed by atoms with van der Waals surface area (Å²) in [5.41, 5.74) is 1.04. The normalized spacial score (nSPS) is 12.2. The number of carbonyl (C=O) groups is 1. The van der Waals surface area contributed by atoms with Gasteiger partial charge < -0.3 is 9.30 Å². The molecule has 29 heavy (non-hydrogen) atoms. The minimum absolute atomic E-state index is 0.0343. The van der Waals surface area contributed by atoms with Crippen LogP contribution in [0.3, 0.4) is 0 Å². The Morgan fingerprint density at radius 2 is 1.55 bits per heavy atom. The van der Waals surface area contributed by atoms with E-state index in [4.69, 9.17) is 4.74 Å². The van der Waals surface area contributed by atoms with E-state index in [1.54, 1.807) is 53.1 Å². The van der Waals surface area contributed by atoms with Crippen LogP contribution in [0.1, 0.15) is 18.6 Å². The Labute approximate surface area is 165 Å². The Hall–Kier alpha value is -3.54. The van der Waals surface area contributed by atoms with E-state index >= 15 is 0 Å². The fourth-order valence-corrected chi connectivity index (χ4v) is 3.50. The Balaban J connectivity index is 1.72. The smallest absolute Gasteiger partial charge is 0.326 e. The zero-order valence-corrected chi connectivity index (χ0v) is 15.6. The fraction of sp³-hybridized carbons (Fsp3) is 0.130. The number of para-hydroxylation sites is 2. The van der Waals surface area contributed by atoms with Crippen molar-refractivity contribution in [2.45, 2.75) is 19.6 Å². The van der Waals surface area contributed by atoms with Crippen LogP contribution < -0.4 is 5.43 Å². The van der Waals surface area contributed by atoms with Gasteiger partial charge in [-0.05, 0) is 49.4 Å². The van der Waals surface area contributed by atoms with Gasteiger partial charge in [-0.3, -0.25) is 9.59 Å². The summed E-state index contributed by atoms with van der Waals surface area (Å²) >= 11 is 0. The molecule has 0 bridgehead atoms. The van der Waals surface area contributed by atoms with Crippen molar-refractivity contribution in [2.24, 2.45) is 0 Å². The number of aromatic nitrogens is 1. The Bertz CT molecular complexity index is 1240. The molecule has 146 valence electrons. The van der Waals surface area contributed by atoms with Gasteiger partial charge in [0.15, 0.2) is 5.43 Å². The molecular formula is C23H17F2NO3. The predicted octanol–water partition coefficient (Wildman–Crippen LogP) is 4.74. The molecule has 1 aromatic heterocycles. The summed E-state index contributed by atoms with van der Waals surface area (Å²) in [7, 11) is 0. The molecule has 0 aliphatic rings. The summed E-state index contributed by atoms with van der Waals surface area (Å²) in [5, 5.41) is 0.978. The molecule has 6 heteroatoms. The summed E-state index contributed by atoms with van der Waals surface area (Å²) in [4.78, 5) is 25.4. The molecule has 1 heterocycles. The number of ether oxygens (including phenoxy) is 1. The first-order valence-corrected chi connectivity index (χ1v) is 9.10. The molecule has 4 nitrogen and oxygen atoms in total. The number of carbonyl (C=O) groups excluding carboxylic acids is 1. The van der Waals surface area contributed by atoms with Crippen LogP contribution >= 0.6 is 0 Å². The molecule has 0 saturated carbocycles. The fourth-order valence-electron chi connectivity index (χ4n) is 3.50. The van der Waals surface area contributed by atoms with E-state index in [9.17, 15) is 18.4 Å². The zero-order valence-electron chi connectivity index (χ0n) is 15.6. The molecule has 0 radical (unpaired) electrons. The number of halogens is 2. The van der Waals surface area contributed by atoms with E-state index in [0.717, 1.165) is 18.2 Å². The molecule has 0 fully saturated rings. The average molecular weight is 393 g/mol. The van der Waals surface area contributed by atoms with Gasteiger partial charge in [-0.25, -0.2) is 8.78 Å². The van der Waals surface area contributed by atoms with Crippen LogP contribution in [0.2, 0.25) is 0 Å². The molecule has 0 aliphatic carbocycles. The van der Waals surface area contributed by atoms with Crippen LogP contribution in [-0.2, 0) is 16.1 Å². The second-order valence-corrected chi connectivity index (χ2v) is 6.75. The third kappa shape index (κ3) is 3.49. The Morgan fingerprint density at radius 1 is 0.966 bits per heavy atom. The summed E-state index contributed by atoms with van der Waals surface area (Å²) in [6.45, 7) is 1.31. The standard InChI is InChI=1S/C23H17F2NO3/c1-14(18-12-15(24)10-11-19(18)25)29-22(27)13-26-20-8-4-2-6-16(20)23(28)17-7-3-5-9-21(17)26/h2-12,14H,13H2,1H3. The maximum absolute atomic E-state index is 14.0. The zero-order chi connectivity index (χ0) is 20.5. The van der Waals surface area contributed by atoms with Gasteiger partial charge in [0.05, 0.1) is 11.0 Å². The Kier molecular flexibility index (Phi) is 4.84. The first-order chi connectivity index (χ1) is 14.0. The van der Waals surface area contributed by atoms with Crippen LogP contribution in [0.15, 0.2) is 71.5 Å². The summed E-state index contributed by atoms with van der Waals surface area (Å²) < 4.78 is 34.5. The largest absolute Gasteiger partial charge is 0.456 e. The number of hydrogen-bond acceptors (Lipinski definition) is 3. The molecule has 1 atom stereocenters. The van der Waals surface area contributed by atoms with E-state index in [-0.39, 0.29) is 17.5 Å². The van der Waals surface area contributed by atoms with Gasteiger partial charge in [-0.15, -0.1) is 0 Å². The van der Waals surface area contributed by atoms with Crippen molar-refractivity contribution in [3.63, 3.8) is 0 Å². The first-order valence-electron chi connectivity index (χ1n) is 9.10. The van der Waals surface area contributed by atoms with Crippen molar-refractivity contribution in [3.8, 4) is 0 Å². The third-order valence-corrected chi connectivity index (χ3v) is 4.87. The molecule has 0 spiro atoms. The minimum atomic E-state index is -0.963. The van der Waals surface area contributed by atoms with Gasteiger partial charge in [0.1, 0.15) is 24.3 Å². The third-order valence-electron chi connectivity index (χ3n) is 4.87. The molecule has 0 amide bonds. The number of pyridine rings is 1. The number of benzene rings is 3. The van der Waals surface area contributed by atoms with Gasteiger partial charge in [-0.1, -0.05) is 24.3 Å². The van der Waals surface area contributed by atoms with Crippen LogP contribution in [0.5, 0.6) is 0 Å². The molecule has 3 aromatic carbocycles. The van der Waals surface area contributed by atoms with Gasteiger partial charge in [-0.2, -0.15) is 0 Å². The second-order valence-electron chi connectivity index (χ2n) is 6.75. The van der Waals surface area contributed by atoms with Crippen LogP contribution in [-0.4, -0.2) is 10.5 Å². The van der Waals surface area contributed by atoms with Crippen molar-refractivity contribution >= 4 is 27.8 Å². The van der Waals surface area contributed by atoms with Gasteiger partial charge in [0.25, 0.3) is 0 Å². The highest BCUT2D eigenvalue weighted by molar-refractivity contribution is 5.94. The molecule has 0 saturated heterocycles. The van der Waals surface area contributed by atoms with E-state index in [1.807, 2.05) is 0 Å². The maximum atomic E-state index is 14.0. The lowest BCUT2D eigenvalue weighted by Crippen LogP contribution is -2.19. The van der Waals surface area contributed by atoms with Gasteiger partial charge >= 0.3 is 5.97 Å². The van der Waals surface area contributed by atoms with Gasteiger partial charge in [0.2, 0.25) is 0 Å². The topological polar surface area (TPSA) is 48.3 Å². The van der Waals surface area contributed by atoms with Crippen molar-refractivity contribution < 1.29 is 18.3 Å². The highest BCUT2D eigenvalue weighted by Gasteiger charge is 2.18. The molecule has 0 aliphatic heterocycles. The highest BCUT2D eigenvalue weighted by Crippen LogP contribution is 2.23. The van der Waals surface area contributed by atoms with E-state index in [2.05, 4.69) is 0 Å². The van der Waals surface area contributed by atoms with E-state index in [0.29, 0.717) is 21.8 Å². The number of esters is 1. The van der Waals surface area contributed by atoms with Crippen LogP contribution in [0, 0.1) is 11.6 Å². The summed E-state index contributed by atoms with van der Waals surface area (Å²) in [6.07, 6.45) is -0.963. The highest BCUT2D eigenvalue weighted by atomic mass is 19.1. The number of fused-ring (bicyclic) bond motifs is 2. The predicted molar refractivity (Wildman–Crippen MR) is 107 cm³/mol. The monoisotopic (exact) mass is 393 g/mol. The number of nitrogens with zero attached hydrogens (tertiary/aromatic N) is 1. The van der Waals surface area contributed by atoms with E-state index in [1.165, 1.54) is 6.92 Å². The first kappa shape index (κ1) is 18.8. The summed E-state index contributed by atoms with van der Waals surface area (Å²) in [6, 6.07) is 17.0. The lowest BCUT2D eigenvalue weighted by atomic mass is 10.1. The molecule has 0 N–H and O–H groups in total. The van der Waals surface area contributed by atoms with Crippen molar-refractivity contribution in [1.82, 2.24) is 4.57 Å². The number of hydrogen-bond donors (Lipinski definition) is 0. The van der Waals surface area contributed by atoms with Crippen molar-refractivity contribution in [1.29, 1.82) is 0 Å². The quantitative estimate of drug-likeness (QED) is 0.372. The summed E-state index contributed by atoms with van der Waals surface area (Å²) in [5.74, 6) is -1.88. The van der Waals surface area contributed by atoms with Crippen LogP contribution in [0.25, 0.3) is 21.8 Å². The minimum Gasteiger partial charge on any atom is -0.456 e. The SMILES string of the molecule is CC(OC(=O)Cn1c2ccccc2c(=O)c2ccccc21)c1cc(F)ccc1F. The Morgan fingerprint density at radius 3 is 2.17 bits per heavy atom.